The van der Waals surface area contributed by atoms with E-state index in [1.54, 1.807) is 0 Å². The van der Waals surface area contributed by atoms with Crippen LogP contribution in [0.5, 0.6) is 0 Å². The number of benzene rings is 2. The van der Waals surface area contributed by atoms with Crippen LogP contribution in [0.4, 0.5) is 0 Å². The summed E-state index contributed by atoms with van der Waals surface area (Å²) in [7, 11) is 0. The molecule has 2 fully saturated rings. The highest BCUT2D eigenvalue weighted by Crippen LogP contribution is 2.21. The topological polar surface area (TPSA) is 46.1 Å². The zero-order valence-electron chi connectivity index (χ0n) is 17.2. The number of morpholine rings is 1. The molecule has 4 rings (SSSR count). The molecule has 0 bridgehead atoms. The normalized spacial score (nSPS) is 22.5. The highest BCUT2D eigenvalue weighted by Gasteiger charge is 2.32. The Morgan fingerprint density at radius 2 is 1.93 bits per heavy atom. The monoisotopic (exact) mass is 509 g/mol. The second-order valence-electron chi connectivity index (χ2n) is 7.57. The summed E-state index contributed by atoms with van der Waals surface area (Å²) in [4.78, 5) is 7.24. The van der Waals surface area contributed by atoms with Crippen molar-refractivity contribution in [2.75, 3.05) is 39.4 Å². The van der Waals surface area contributed by atoms with E-state index in [-0.39, 0.29) is 36.2 Å². The van der Waals surface area contributed by atoms with Gasteiger partial charge in [0.25, 0.3) is 0 Å². The molecule has 29 heavy (non-hydrogen) atoms. The number of guanidine groups is 1. The maximum absolute atomic E-state index is 5.99. The molecule has 6 heteroatoms. The molecule has 2 unspecified atom stereocenters. The lowest BCUT2D eigenvalue weighted by Crippen LogP contribution is -2.53. The molecular formula is C23H32IN3O2. The number of rotatable bonds is 5. The van der Waals surface area contributed by atoms with Crippen molar-refractivity contribution in [2.45, 2.75) is 38.4 Å². The van der Waals surface area contributed by atoms with Gasteiger partial charge in [-0.15, -0.1) is 24.0 Å². The summed E-state index contributed by atoms with van der Waals surface area (Å²) in [6.45, 7) is 7.11. The van der Waals surface area contributed by atoms with Crippen LogP contribution in [0.1, 0.15) is 25.3 Å². The van der Waals surface area contributed by atoms with E-state index in [2.05, 4.69) is 59.6 Å². The van der Waals surface area contributed by atoms with Gasteiger partial charge < -0.3 is 19.7 Å². The van der Waals surface area contributed by atoms with Crippen LogP contribution in [-0.2, 0) is 15.9 Å². The van der Waals surface area contributed by atoms with Gasteiger partial charge in [0.05, 0.1) is 12.7 Å². The van der Waals surface area contributed by atoms with Crippen molar-refractivity contribution in [3.63, 3.8) is 0 Å². The largest absolute Gasteiger partial charge is 0.375 e. The molecule has 0 saturated carbocycles. The smallest absolute Gasteiger partial charge is 0.194 e. The van der Waals surface area contributed by atoms with Gasteiger partial charge in [-0.25, -0.2) is 0 Å². The fourth-order valence-electron chi connectivity index (χ4n) is 4.10. The summed E-state index contributed by atoms with van der Waals surface area (Å²) in [5, 5.41) is 6.04. The van der Waals surface area contributed by atoms with E-state index in [0.29, 0.717) is 0 Å². The molecule has 0 spiro atoms. The number of hydrogen-bond donors (Lipinski definition) is 1. The quantitative estimate of drug-likeness (QED) is 0.378. The maximum atomic E-state index is 5.99. The molecule has 5 nitrogen and oxygen atoms in total. The number of hydrogen-bond acceptors (Lipinski definition) is 3. The summed E-state index contributed by atoms with van der Waals surface area (Å²) in [6, 6.07) is 15.2. The van der Waals surface area contributed by atoms with Crippen molar-refractivity contribution in [3.05, 3.63) is 48.0 Å². The van der Waals surface area contributed by atoms with Crippen LogP contribution < -0.4 is 5.32 Å². The number of halogens is 1. The predicted octanol–water partition coefficient (Wildman–Crippen LogP) is 3.85. The Morgan fingerprint density at radius 3 is 2.72 bits per heavy atom. The van der Waals surface area contributed by atoms with Crippen molar-refractivity contribution >= 4 is 40.7 Å². The molecule has 2 atom stereocenters. The first-order valence-corrected chi connectivity index (χ1v) is 10.6. The fourth-order valence-corrected chi connectivity index (χ4v) is 4.10. The minimum Gasteiger partial charge on any atom is -0.375 e. The van der Waals surface area contributed by atoms with Gasteiger partial charge in [-0.1, -0.05) is 42.5 Å². The first kappa shape index (κ1) is 22.3. The Kier molecular flexibility index (Phi) is 8.56. The van der Waals surface area contributed by atoms with E-state index in [4.69, 9.17) is 14.5 Å². The third-order valence-electron chi connectivity index (χ3n) is 5.58. The number of fused-ring (bicyclic) bond motifs is 1. The Hall–Kier alpha value is -1.38. The second-order valence-corrected chi connectivity index (χ2v) is 7.57. The average molecular weight is 509 g/mol. The SMILES string of the molecule is CCNC(=NCCc1ccc2ccccc2c1)N1CCOC(C2CCCO2)C1.I. The molecule has 2 aromatic carbocycles. The van der Waals surface area contributed by atoms with Gasteiger partial charge in [-0.3, -0.25) is 4.99 Å². The molecule has 158 valence electrons. The van der Waals surface area contributed by atoms with Crippen molar-refractivity contribution in [1.29, 1.82) is 0 Å². The highest BCUT2D eigenvalue weighted by atomic mass is 127. The second kappa shape index (κ2) is 11.1. The Morgan fingerprint density at radius 1 is 1.10 bits per heavy atom. The molecule has 2 aromatic rings. The van der Waals surface area contributed by atoms with E-state index in [9.17, 15) is 0 Å². The van der Waals surface area contributed by atoms with Crippen LogP contribution in [0.3, 0.4) is 0 Å². The van der Waals surface area contributed by atoms with Crippen molar-refractivity contribution in [2.24, 2.45) is 4.99 Å². The minimum atomic E-state index is 0. The molecular weight excluding hydrogens is 477 g/mol. The van der Waals surface area contributed by atoms with Crippen LogP contribution in [0.15, 0.2) is 47.5 Å². The van der Waals surface area contributed by atoms with Gasteiger partial charge in [-0.05, 0) is 42.5 Å². The van der Waals surface area contributed by atoms with Crippen molar-refractivity contribution in [3.8, 4) is 0 Å². The van der Waals surface area contributed by atoms with Crippen LogP contribution >= 0.6 is 24.0 Å². The van der Waals surface area contributed by atoms with Crippen LogP contribution in [0.25, 0.3) is 10.8 Å². The van der Waals surface area contributed by atoms with E-state index in [1.165, 1.54) is 16.3 Å². The molecule has 2 heterocycles. The van der Waals surface area contributed by atoms with Gasteiger partial charge in [-0.2, -0.15) is 0 Å². The summed E-state index contributed by atoms with van der Waals surface area (Å²) in [6.07, 6.45) is 3.58. The molecule has 0 aromatic heterocycles. The van der Waals surface area contributed by atoms with Gasteiger partial charge in [0.1, 0.15) is 6.10 Å². The highest BCUT2D eigenvalue weighted by molar-refractivity contribution is 14.0. The molecule has 0 aliphatic carbocycles. The van der Waals surface area contributed by atoms with Crippen LogP contribution in [0.2, 0.25) is 0 Å². The van der Waals surface area contributed by atoms with E-state index in [1.807, 2.05) is 0 Å². The zero-order valence-corrected chi connectivity index (χ0v) is 19.5. The Bertz CT molecular complexity index is 808. The third-order valence-corrected chi connectivity index (χ3v) is 5.58. The van der Waals surface area contributed by atoms with Crippen LogP contribution in [0, 0.1) is 0 Å². The lowest BCUT2D eigenvalue weighted by Gasteiger charge is -2.37. The summed E-state index contributed by atoms with van der Waals surface area (Å²) < 4.78 is 11.8. The molecule has 2 aliphatic rings. The standard InChI is InChI=1S/C23H31N3O2.HI/c1-2-24-23(26-13-15-28-22(17-26)21-8-5-14-27-21)25-12-11-18-9-10-19-6-3-4-7-20(19)16-18;/h3-4,6-7,9-10,16,21-22H,2,5,8,11-15,17H2,1H3,(H,24,25);1H. The van der Waals surface area contributed by atoms with Gasteiger partial charge in [0, 0.05) is 32.8 Å². The minimum absolute atomic E-state index is 0. The molecule has 2 aliphatic heterocycles. The first-order valence-electron chi connectivity index (χ1n) is 10.6. The van der Waals surface area contributed by atoms with E-state index < -0.39 is 0 Å². The molecule has 1 N–H and O–H groups in total. The van der Waals surface area contributed by atoms with E-state index in [0.717, 1.165) is 64.6 Å². The summed E-state index contributed by atoms with van der Waals surface area (Å²) in [5.74, 6) is 0.995. The summed E-state index contributed by atoms with van der Waals surface area (Å²) in [5.41, 5.74) is 1.33. The van der Waals surface area contributed by atoms with Crippen LogP contribution in [-0.4, -0.2) is 62.5 Å². The van der Waals surface area contributed by atoms with E-state index >= 15 is 0 Å². The average Bonchev–Trinajstić information content (AvgIpc) is 3.28. The molecule has 0 amide bonds. The van der Waals surface area contributed by atoms with Gasteiger partial charge >= 0.3 is 0 Å². The molecule has 0 radical (unpaired) electrons. The Labute approximate surface area is 190 Å². The van der Waals surface area contributed by atoms with Gasteiger partial charge in [0.15, 0.2) is 5.96 Å². The fraction of sp³-hybridized carbons (Fsp3) is 0.522. The summed E-state index contributed by atoms with van der Waals surface area (Å²) >= 11 is 0. The molecule has 2 saturated heterocycles. The lowest BCUT2D eigenvalue weighted by molar-refractivity contribution is -0.0817. The predicted molar refractivity (Wildman–Crippen MR) is 129 cm³/mol. The van der Waals surface area contributed by atoms with Crippen molar-refractivity contribution in [1.82, 2.24) is 10.2 Å². The number of nitrogens with zero attached hydrogens (tertiary/aromatic N) is 2. The Balaban J connectivity index is 0.00000240. The lowest BCUT2D eigenvalue weighted by atomic mass is 10.1. The maximum Gasteiger partial charge on any atom is 0.194 e. The van der Waals surface area contributed by atoms with Gasteiger partial charge in [0.2, 0.25) is 0 Å². The zero-order chi connectivity index (χ0) is 19.2. The third kappa shape index (κ3) is 5.83. The van der Waals surface area contributed by atoms with Crippen molar-refractivity contribution < 1.29 is 9.47 Å². The number of nitrogens with one attached hydrogen (secondary N) is 1. The number of aliphatic imine (C=N–C) groups is 1. The number of ether oxygens (including phenoxy) is 2. The first-order chi connectivity index (χ1) is 13.8.